The Morgan fingerprint density at radius 2 is 2.05 bits per heavy atom. The molecule has 0 saturated heterocycles. The van der Waals surface area contributed by atoms with Crippen LogP contribution in [0.5, 0.6) is 0 Å². The van der Waals surface area contributed by atoms with Crippen LogP contribution >= 0.6 is 0 Å². The average Bonchev–Trinajstić information content (AvgIpc) is 2.26. The number of nitro benzene ring substituents is 1. The first-order chi connectivity index (χ1) is 8.90. The number of nitrogen functional groups attached to an aromatic ring is 1. The molecule has 0 spiro atoms. The number of rotatable bonds is 2. The Kier molecular flexibility index (Phi) is 2.95. The molecule has 2 aromatic rings. The Morgan fingerprint density at radius 1 is 1.37 bits per heavy atom. The zero-order chi connectivity index (χ0) is 14.2. The lowest BCUT2D eigenvalue weighted by molar-refractivity contribution is -0.387. The first-order valence-electron chi connectivity index (χ1n) is 4.89. The molecule has 0 bridgehead atoms. The highest BCUT2D eigenvalue weighted by atomic mass is 19.1. The number of nitrogens with zero attached hydrogens (tertiary/aromatic N) is 2. The van der Waals surface area contributed by atoms with Crippen molar-refractivity contribution in [3.05, 3.63) is 50.3 Å². The molecule has 0 saturated carbocycles. The monoisotopic (exact) mass is 268 g/mol. The van der Waals surface area contributed by atoms with Gasteiger partial charge in [0.15, 0.2) is 0 Å². The van der Waals surface area contributed by atoms with Crippen molar-refractivity contribution in [2.75, 3.05) is 5.73 Å². The highest BCUT2D eigenvalue weighted by Gasteiger charge is 2.24. The molecule has 9 heteroatoms. The number of nitro groups is 1. The molecule has 98 valence electrons. The maximum atomic E-state index is 13.8. The summed E-state index contributed by atoms with van der Waals surface area (Å²) in [6.45, 7) is 0. The molecule has 3 N–H and O–H groups in total. The van der Waals surface area contributed by atoms with Crippen LogP contribution in [0.4, 0.5) is 20.3 Å². The fourth-order valence-electron chi connectivity index (χ4n) is 1.49. The van der Waals surface area contributed by atoms with E-state index in [0.717, 1.165) is 6.07 Å². The van der Waals surface area contributed by atoms with E-state index in [2.05, 4.69) is 9.97 Å². The number of halogens is 2. The van der Waals surface area contributed by atoms with Crippen LogP contribution in [0.2, 0.25) is 0 Å². The Morgan fingerprint density at radius 3 is 2.63 bits per heavy atom. The molecule has 0 atom stereocenters. The number of H-pyrrole nitrogens is 1. The van der Waals surface area contributed by atoms with Gasteiger partial charge in [-0.3, -0.25) is 14.9 Å². The summed E-state index contributed by atoms with van der Waals surface area (Å²) in [5.41, 5.74) is 2.82. The van der Waals surface area contributed by atoms with Gasteiger partial charge in [0.05, 0.1) is 10.5 Å². The molecule has 7 nitrogen and oxygen atoms in total. The summed E-state index contributed by atoms with van der Waals surface area (Å²) in [7, 11) is 0. The smallest absolute Gasteiger partial charge is 0.305 e. The van der Waals surface area contributed by atoms with E-state index in [4.69, 9.17) is 5.73 Å². The standard InChI is InChI=1S/C10H6F2N4O3/c11-4-1-2-5(16(18)19)9(12)8(4)10-14-6(13)3-7(17)15-10/h1-3H,(H3,13,14,15,17). The number of anilines is 1. The second-order valence-electron chi connectivity index (χ2n) is 3.53. The zero-order valence-electron chi connectivity index (χ0n) is 9.18. The number of nitrogens with two attached hydrogens (primary N) is 1. The van der Waals surface area contributed by atoms with Crippen LogP contribution < -0.4 is 11.3 Å². The lowest BCUT2D eigenvalue weighted by Crippen LogP contribution is -2.11. The van der Waals surface area contributed by atoms with E-state index in [1.54, 1.807) is 0 Å². The predicted molar refractivity (Wildman–Crippen MR) is 61.3 cm³/mol. The maximum absolute atomic E-state index is 13.8. The van der Waals surface area contributed by atoms with E-state index in [-0.39, 0.29) is 5.82 Å². The van der Waals surface area contributed by atoms with Gasteiger partial charge in [0.25, 0.3) is 5.56 Å². The highest BCUT2D eigenvalue weighted by molar-refractivity contribution is 5.62. The van der Waals surface area contributed by atoms with E-state index in [1.807, 2.05) is 0 Å². The van der Waals surface area contributed by atoms with E-state index in [1.165, 1.54) is 0 Å². The van der Waals surface area contributed by atoms with Gasteiger partial charge < -0.3 is 10.7 Å². The molecule has 2 rings (SSSR count). The van der Waals surface area contributed by atoms with E-state index in [9.17, 15) is 23.7 Å². The summed E-state index contributed by atoms with van der Waals surface area (Å²) < 4.78 is 27.4. The third-order valence-corrected chi connectivity index (χ3v) is 2.27. The second-order valence-corrected chi connectivity index (χ2v) is 3.53. The number of benzene rings is 1. The van der Waals surface area contributed by atoms with Gasteiger partial charge in [-0.05, 0) is 6.07 Å². The summed E-state index contributed by atoms with van der Waals surface area (Å²) in [6.07, 6.45) is 0. The van der Waals surface area contributed by atoms with E-state index < -0.39 is 39.2 Å². The lowest BCUT2D eigenvalue weighted by Gasteiger charge is -2.05. The Bertz CT molecular complexity index is 729. The van der Waals surface area contributed by atoms with Crippen LogP contribution in [0.15, 0.2) is 23.0 Å². The normalized spacial score (nSPS) is 10.4. The molecule has 0 radical (unpaired) electrons. The molecule has 0 aliphatic rings. The molecule has 1 heterocycles. The second kappa shape index (κ2) is 4.44. The number of hydrogen-bond acceptors (Lipinski definition) is 5. The molecule has 1 aromatic heterocycles. The van der Waals surface area contributed by atoms with Gasteiger partial charge in [-0.15, -0.1) is 0 Å². The Labute approximate surface area is 103 Å². The molecular formula is C10H6F2N4O3. The number of hydrogen-bond donors (Lipinski definition) is 2. The van der Waals surface area contributed by atoms with Crippen LogP contribution in [-0.2, 0) is 0 Å². The van der Waals surface area contributed by atoms with Crippen molar-refractivity contribution in [1.82, 2.24) is 9.97 Å². The quantitative estimate of drug-likeness (QED) is 0.627. The Hall–Kier alpha value is -2.84. The van der Waals surface area contributed by atoms with Gasteiger partial charge in [0.2, 0.25) is 5.82 Å². The summed E-state index contributed by atoms with van der Waals surface area (Å²) in [5.74, 6) is -3.30. The first-order valence-corrected chi connectivity index (χ1v) is 4.89. The van der Waals surface area contributed by atoms with Gasteiger partial charge in [0.1, 0.15) is 17.5 Å². The predicted octanol–water partition coefficient (Wildman–Crippen LogP) is 1.21. The van der Waals surface area contributed by atoms with E-state index >= 15 is 0 Å². The van der Waals surface area contributed by atoms with Crippen molar-refractivity contribution in [2.45, 2.75) is 0 Å². The van der Waals surface area contributed by atoms with Gasteiger partial charge >= 0.3 is 5.69 Å². The van der Waals surface area contributed by atoms with Crippen molar-refractivity contribution in [3.63, 3.8) is 0 Å². The van der Waals surface area contributed by atoms with Crippen LogP contribution in [-0.4, -0.2) is 14.9 Å². The molecule has 0 unspecified atom stereocenters. The van der Waals surface area contributed by atoms with Crippen LogP contribution in [0.3, 0.4) is 0 Å². The number of nitrogens with one attached hydrogen (secondary N) is 1. The van der Waals surface area contributed by atoms with Gasteiger partial charge in [0, 0.05) is 12.1 Å². The van der Waals surface area contributed by atoms with E-state index in [0.29, 0.717) is 12.1 Å². The van der Waals surface area contributed by atoms with Crippen LogP contribution in [0.1, 0.15) is 0 Å². The van der Waals surface area contributed by atoms with Crippen molar-refractivity contribution in [1.29, 1.82) is 0 Å². The lowest BCUT2D eigenvalue weighted by atomic mass is 10.1. The molecule has 0 fully saturated rings. The van der Waals surface area contributed by atoms with Gasteiger partial charge in [-0.1, -0.05) is 0 Å². The number of aromatic amines is 1. The SMILES string of the molecule is Nc1cc(=O)[nH]c(-c2c(F)ccc([N+](=O)[O-])c2F)n1. The van der Waals surface area contributed by atoms with Crippen molar-refractivity contribution in [2.24, 2.45) is 0 Å². The molecular weight excluding hydrogens is 262 g/mol. The highest BCUT2D eigenvalue weighted by Crippen LogP contribution is 2.29. The topological polar surface area (TPSA) is 115 Å². The summed E-state index contributed by atoms with van der Waals surface area (Å²) in [5, 5.41) is 10.6. The zero-order valence-corrected chi connectivity index (χ0v) is 9.18. The minimum Gasteiger partial charge on any atom is -0.383 e. The average molecular weight is 268 g/mol. The fourth-order valence-corrected chi connectivity index (χ4v) is 1.49. The van der Waals surface area contributed by atoms with Crippen molar-refractivity contribution >= 4 is 11.5 Å². The minimum atomic E-state index is -1.43. The first kappa shape index (κ1) is 12.6. The largest absolute Gasteiger partial charge is 0.383 e. The summed E-state index contributed by atoms with van der Waals surface area (Å²) in [6, 6.07) is 2.30. The van der Waals surface area contributed by atoms with Crippen LogP contribution in [0.25, 0.3) is 11.4 Å². The van der Waals surface area contributed by atoms with Gasteiger partial charge in [-0.25, -0.2) is 9.37 Å². The fraction of sp³-hybridized carbons (Fsp3) is 0. The third-order valence-electron chi connectivity index (χ3n) is 2.27. The van der Waals surface area contributed by atoms with Crippen molar-refractivity contribution < 1.29 is 13.7 Å². The maximum Gasteiger partial charge on any atom is 0.305 e. The molecule has 0 amide bonds. The molecule has 19 heavy (non-hydrogen) atoms. The minimum absolute atomic E-state index is 0.260. The molecule has 1 aromatic carbocycles. The Balaban J connectivity index is 2.77. The summed E-state index contributed by atoms with van der Waals surface area (Å²) >= 11 is 0. The van der Waals surface area contributed by atoms with Crippen molar-refractivity contribution in [3.8, 4) is 11.4 Å². The van der Waals surface area contributed by atoms with Gasteiger partial charge in [-0.2, -0.15) is 4.39 Å². The van der Waals surface area contributed by atoms with Crippen LogP contribution in [0, 0.1) is 21.7 Å². The molecule has 0 aliphatic heterocycles. The number of aromatic nitrogens is 2. The summed E-state index contributed by atoms with van der Waals surface area (Å²) in [4.78, 5) is 26.3. The molecule has 0 aliphatic carbocycles. The third kappa shape index (κ3) is 2.25.